The van der Waals surface area contributed by atoms with Crippen LogP contribution in [0.3, 0.4) is 0 Å². The molecule has 1 unspecified atom stereocenters. The lowest BCUT2D eigenvalue weighted by Gasteiger charge is -2.30. The summed E-state index contributed by atoms with van der Waals surface area (Å²) < 4.78 is 5.51. The second-order valence-corrected chi connectivity index (χ2v) is 4.62. The molecule has 0 aliphatic carbocycles. The summed E-state index contributed by atoms with van der Waals surface area (Å²) in [6.45, 7) is 5.66. The van der Waals surface area contributed by atoms with Gasteiger partial charge in [-0.15, -0.1) is 11.3 Å². The molecule has 84 valence electrons. The first-order valence-electron chi connectivity index (χ1n) is 5.25. The second-order valence-electron chi connectivity index (χ2n) is 3.78. The van der Waals surface area contributed by atoms with Gasteiger partial charge in [0.1, 0.15) is 0 Å². The summed E-state index contributed by atoms with van der Waals surface area (Å²) in [7, 11) is 1.94. The van der Waals surface area contributed by atoms with Gasteiger partial charge in [0.2, 0.25) is 0 Å². The van der Waals surface area contributed by atoms with Gasteiger partial charge in [0, 0.05) is 25.0 Å². The predicted octanol–water partition coefficient (Wildman–Crippen LogP) is 1.09. The van der Waals surface area contributed by atoms with Crippen molar-refractivity contribution in [3.8, 4) is 0 Å². The Morgan fingerprint density at radius 2 is 2.60 bits per heavy atom. The predicted molar refractivity (Wildman–Crippen MR) is 62.5 cm³/mol. The van der Waals surface area contributed by atoms with Crippen LogP contribution in [-0.4, -0.2) is 37.8 Å². The van der Waals surface area contributed by atoms with Crippen LogP contribution in [0, 0.1) is 0 Å². The van der Waals surface area contributed by atoms with Crippen molar-refractivity contribution in [1.29, 1.82) is 0 Å². The van der Waals surface area contributed by atoms with Gasteiger partial charge in [-0.25, -0.2) is 4.98 Å². The van der Waals surface area contributed by atoms with Crippen molar-refractivity contribution in [3.05, 3.63) is 11.1 Å². The molecule has 0 amide bonds. The molecule has 1 saturated heterocycles. The van der Waals surface area contributed by atoms with E-state index in [2.05, 4.69) is 27.5 Å². The normalized spacial score (nSPS) is 22.0. The van der Waals surface area contributed by atoms with Crippen molar-refractivity contribution in [1.82, 2.24) is 10.3 Å². The van der Waals surface area contributed by atoms with E-state index in [1.165, 1.54) is 0 Å². The topological polar surface area (TPSA) is 37.4 Å². The number of hydrogen-bond donors (Lipinski definition) is 1. The van der Waals surface area contributed by atoms with E-state index in [-0.39, 0.29) is 0 Å². The zero-order chi connectivity index (χ0) is 10.7. The summed E-state index contributed by atoms with van der Waals surface area (Å²) in [6.07, 6.45) is 0.315. The second kappa shape index (κ2) is 4.92. The molecule has 1 aliphatic heterocycles. The van der Waals surface area contributed by atoms with Crippen molar-refractivity contribution in [3.63, 3.8) is 0 Å². The molecular weight excluding hydrogens is 210 g/mol. The minimum absolute atomic E-state index is 0.315. The summed E-state index contributed by atoms with van der Waals surface area (Å²) in [5.41, 5.74) is 1.12. The van der Waals surface area contributed by atoms with E-state index in [4.69, 9.17) is 4.74 Å². The Morgan fingerprint density at radius 1 is 1.73 bits per heavy atom. The summed E-state index contributed by atoms with van der Waals surface area (Å²) in [5.74, 6) is 0. The molecule has 1 aliphatic rings. The maximum atomic E-state index is 5.51. The number of morpholine rings is 1. The summed E-state index contributed by atoms with van der Waals surface area (Å²) in [6, 6.07) is 0. The lowest BCUT2D eigenvalue weighted by molar-refractivity contribution is 0.0532. The Balaban J connectivity index is 2.01. The average molecular weight is 227 g/mol. The fourth-order valence-electron chi connectivity index (χ4n) is 1.70. The molecule has 0 spiro atoms. The molecule has 1 N–H and O–H groups in total. The Labute approximate surface area is 94.3 Å². The molecule has 4 nitrogen and oxygen atoms in total. The number of ether oxygens (including phenoxy) is 1. The SMILES string of the molecule is CNCc1csc(N2CCOC(C)C2)n1. The average Bonchev–Trinajstić information content (AvgIpc) is 2.67. The fraction of sp³-hybridized carbons (Fsp3) is 0.700. The van der Waals surface area contributed by atoms with Gasteiger partial charge in [-0.2, -0.15) is 0 Å². The van der Waals surface area contributed by atoms with E-state index >= 15 is 0 Å². The molecule has 0 bridgehead atoms. The van der Waals surface area contributed by atoms with Crippen LogP contribution in [-0.2, 0) is 11.3 Å². The maximum absolute atomic E-state index is 5.51. The first kappa shape index (κ1) is 10.9. The minimum Gasteiger partial charge on any atom is -0.375 e. The highest BCUT2D eigenvalue weighted by Crippen LogP contribution is 2.22. The molecule has 1 fully saturated rings. The first-order valence-corrected chi connectivity index (χ1v) is 6.13. The van der Waals surface area contributed by atoms with Crippen LogP contribution in [0.2, 0.25) is 0 Å². The highest BCUT2D eigenvalue weighted by atomic mass is 32.1. The summed E-state index contributed by atoms with van der Waals surface area (Å²) in [4.78, 5) is 6.89. The van der Waals surface area contributed by atoms with Gasteiger partial charge in [-0.3, -0.25) is 0 Å². The molecule has 2 heterocycles. The largest absolute Gasteiger partial charge is 0.375 e. The van der Waals surface area contributed by atoms with Gasteiger partial charge >= 0.3 is 0 Å². The monoisotopic (exact) mass is 227 g/mol. The Hall–Kier alpha value is -0.650. The molecular formula is C10H17N3OS. The van der Waals surface area contributed by atoms with Crippen molar-refractivity contribution in [2.45, 2.75) is 19.6 Å². The van der Waals surface area contributed by atoms with Crippen molar-refractivity contribution in [2.24, 2.45) is 0 Å². The molecule has 0 aromatic carbocycles. The molecule has 0 saturated carbocycles. The fourth-order valence-corrected chi connectivity index (χ4v) is 2.56. The van der Waals surface area contributed by atoms with Gasteiger partial charge in [0.05, 0.1) is 18.4 Å². The van der Waals surface area contributed by atoms with Gasteiger partial charge in [-0.1, -0.05) is 0 Å². The van der Waals surface area contributed by atoms with Gasteiger partial charge < -0.3 is 15.0 Å². The number of rotatable bonds is 3. The molecule has 1 aromatic heterocycles. The zero-order valence-corrected chi connectivity index (χ0v) is 10.0. The number of hydrogen-bond acceptors (Lipinski definition) is 5. The van der Waals surface area contributed by atoms with Crippen molar-refractivity contribution in [2.75, 3.05) is 31.6 Å². The third-order valence-electron chi connectivity index (χ3n) is 2.41. The van der Waals surface area contributed by atoms with Gasteiger partial charge in [-0.05, 0) is 14.0 Å². The Kier molecular flexibility index (Phi) is 3.56. The lowest BCUT2D eigenvalue weighted by Crippen LogP contribution is -2.41. The third-order valence-corrected chi connectivity index (χ3v) is 3.36. The van der Waals surface area contributed by atoms with E-state index in [9.17, 15) is 0 Å². The van der Waals surface area contributed by atoms with Crippen LogP contribution >= 0.6 is 11.3 Å². The molecule has 2 rings (SSSR count). The van der Waals surface area contributed by atoms with E-state index in [1.54, 1.807) is 11.3 Å². The number of aromatic nitrogens is 1. The standard InChI is InChI=1S/C10H17N3OS/c1-8-6-13(3-4-14-8)10-12-9(5-11-2)7-15-10/h7-8,11H,3-6H2,1-2H3. The van der Waals surface area contributed by atoms with Crippen LogP contribution in [0.1, 0.15) is 12.6 Å². The van der Waals surface area contributed by atoms with Crippen LogP contribution in [0.4, 0.5) is 5.13 Å². The Bertz CT molecular complexity index is 315. The third kappa shape index (κ3) is 2.68. The number of anilines is 1. The van der Waals surface area contributed by atoms with Crippen LogP contribution in [0.25, 0.3) is 0 Å². The number of thiazole rings is 1. The van der Waals surface area contributed by atoms with Crippen LogP contribution in [0.15, 0.2) is 5.38 Å². The highest BCUT2D eigenvalue weighted by Gasteiger charge is 2.19. The van der Waals surface area contributed by atoms with Gasteiger partial charge in [0.25, 0.3) is 0 Å². The molecule has 15 heavy (non-hydrogen) atoms. The van der Waals surface area contributed by atoms with Crippen LogP contribution in [0.5, 0.6) is 0 Å². The summed E-state index contributed by atoms with van der Waals surface area (Å²) >= 11 is 1.72. The molecule has 1 aromatic rings. The van der Waals surface area contributed by atoms with Crippen molar-refractivity contribution < 1.29 is 4.74 Å². The number of nitrogens with zero attached hydrogens (tertiary/aromatic N) is 2. The van der Waals surface area contributed by atoms with E-state index < -0.39 is 0 Å². The lowest BCUT2D eigenvalue weighted by atomic mass is 10.3. The maximum Gasteiger partial charge on any atom is 0.185 e. The Morgan fingerprint density at radius 3 is 3.33 bits per heavy atom. The first-order chi connectivity index (χ1) is 7.29. The quantitative estimate of drug-likeness (QED) is 0.838. The number of nitrogens with one attached hydrogen (secondary N) is 1. The smallest absolute Gasteiger partial charge is 0.185 e. The molecule has 1 atom stereocenters. The highest BCUT2D eigenvalue weighted by molar-refractivity contribution is 7.13. The van der Waals surface area contributed by atoms with E-state index in [0.29, 0.717) is 6.10 Å². The van der Waals surface area contributed by atoms with Gasteiger partial charge in [0.15, 0.2) is 5.13 Å². The van der Waals surface area contributed by atoms with E-state index in [1.807, 2.05) is 7.05 Å². The van der Waals surface area contributed by atoms with E-state index in [0.717, 1.165) is 37.1 Å². The summed E-state index contributed by atoms with van der Waals surface area (Å²) in [5, 5.41) is 6.35. The zero-order valence-electron chi connectivity index (χ0n) is 9.19. The van der Waals surface area contributed by atoms with Crippen LogP contribution < -0.4 is 10.2 Å². The molecule has 5 heteroatoms. The molecule has 0 radical (unpaired) electrons. The minimum atomic E-state index is 0.315. The van der Waals surface area contributed by atoms with Crippen molar-refractivity contribution >= 4 is 16.5 Å².